The lowest BCUT2D eigenvalue weighted by Crippen LogP contribution is -2.37. The number of benzene rings is 1. The number of phenolic OH excluding ortho intramolecular Hbond substituents is 1. The van der Waals surface area contributed by atoms with Gasteiger partial charge in [-0.05, 0) is 37.0 Å². The van der Waals surface area contributed by atoms with Gasteiger partial charge in [0.2, 0.25) is 5.91 Å². The molecule has 4 nitrogen and oxygen atoms in total. The molecule has 0 aromatic heterocycles. The normalized spacial score (nSPS) is 23.6. The minimum absolute atomic E-state index is 0.0113. The third kappa shape index (κ3) is 3.18. The number of ether oxygens (including phenoxy) is 1. The van der Waals surface area contributed by atoms with E-state index in [0.717, 1.165) is 19.3 Å². The van der Waals surface area contributed by atoms with Crippen LogP contribution in [-0.4, -0.2) is 29.3 Å². The Kier molecular flexibility index (Phi) is 3.85. The summed E-state index contributed by atoms with van der Waals surface area (Å²) < 4.78 is 19.1. The van der Waals surface area contributed by atoms with Crippen LogP contribution in [0.5, 0.6) is 5.75 Å². The monoisotopic (exact) mass is 293 g/mol. The van der Waals surface area contributed by atoms with Gasteiger partial charge in [-0.2, -0.15) is 0 Å². The van der Waals surface area contributed by atoms with E-state index in [0.29, 0.717) is 12.2 Å². The first kappa shape index (κ1) is 14.3. The zero-order valence-electron chi connectivity index (χ0n) is 11.9. The highest BCUT2D eigenvalue weighted by Crippen LogP contribution is 2.40. The second-order valence-corrected chi connectivity index (χ2v) is 6.13. The van der Waals surface area contributed by atoms with Gasteiger partial charge in [0.1, 0.15) is 0 Å². The summed E-state index contributed by atoms with van der Waals surface area (Å²) in [6.07, 6.45) is 5.56. The van der Waals surface area contributed by atoms with Gasteiger partial charge in [-0.1, -0.05) is 18.9 Å². The van der Waals surface area contributed by atoms with Crippen LogP contribution in [0.2, 0.25) is 0 Å². The molecule has 0 radical (unpaired) electrons. The maximum Gasteiger partial charge on any atom is 0.224 e. The minimum Gasteiger partial charge on any atom is -0.505 e. The molecule has 1 amide bonds. The van der Waals surface area contributed by atoms with Crippen molar-refractivity contribution in [3.05, 3.63) is 29.6 Å². The van der Waals surface area contributed by atoms with Crippen molar-refractivity contribution in [1.29, 1.82) is 0 Å². The number of phenols is 1. The molecule has 1 saturated carbocycles. The number of rotatable bonds is 3. The lowest BCUT2D eigenvalue weighted by Gasteiger charge is -2.21. The van der Waals surface area contributed by atoms with E-state index in [9.17, 15) is 9.18 Å². The number of amides is 1. The fourth-order valence-corrected chi connectivity index (χ4v) is 3.43. The summed E-state index contributed by atoms with van der Waals surface area (Å²) in [5, 5.41) is 12.1. The molecular weight excluding hydrogens is 273 g/mol. The van der Waals surface area contributed by atoms with Gasteiger partial charge in [-0.25, -0.2) is 4.39 Å². The molecule has 5 heteroatoms. The van der Waals surface area contributed by atoms with Crippen LogP contribution in [0.1, 0.15) is 37.7 Å². The molecule has 1 atom stereocenters. The fraction of sp³-hybridized carbons (Fsp3) is 0.562. The second-order valence-electron chi connectivity index (χ2n) is 6.13. The van der Waals surface area contributed by atoms with Gasteiger partial charge in [-0.3, -0.25) is 4.79 Å². The average molecular weight is 293 g/mol. The van der Waals surface area contributed by atoms with Gasteiger partial charge >= 0.3 is 0 Å². The highest BCUT2D eigenvalue weighted by molar-refractivity contribution is 5.79. The van der Waals surface area contributed by atoms with E-state index in [-0.39, 0.29) is 24.0 Å². The third-order valence-corrected chi connectivity index (χ3v) is 4.47. The van der Waals surface area contributed by atoms with Crippen molar-refractivity contribution in [3.63, 3.8) is 0 Å². The Labute approximate surface area is 123 Å². The Hall–Kier alpha value is -1.62. The summed E-state index contributed by atoms with van der Waals surface area (Å²) in [6, 6.07) is 4.07. The van der Waals surface area contributed by atoms with Crippen molar-refractivity contribution in [2.45, 2.75) is 50.2 Å². The quantitative estimate of drug-likeness (QED) is 0.899. The first-order valence-corrected chi connectivity index (χ1v) is 7.47. The average Bonchev–Trinajstić information content (AvgIpc) is 3.05. The van der Waals surface area contributed by atoms with E-state index in [1.807, 2.05) is 0 Å². The number of halogens is 1. The smallest absolute Gasteiger partial charge is 0.224 e. The van der Waals surface area contributed by atoms with Gasteiger partial charge in [0.05, 0.1) is 24.7 Å². The van der Waals surface area contributed by atoms with E-state index in [2.05, 4.69) is 5.32 Å². The summed E-state index contributed by atoms with van der Waals surface area (Å²) in [7, 11) is 0. The predicted molar refractivity (Wildman–Crippen MR) is 75.5 cm³/mol. The van der Waals surface area contributed by atoms with Gasteiger partial charge in [-0.15, -0.1) is 0 Å². The number of carbonyl (C=O) groups is 1. The van der Waals surface area contributed by atoms with E-state index in [4.69, 9.17) is 9.84 Å². The molecule has 1 aromatic carbocycles. The van der Waals surface area contributed by atoms with Crippen LogP contribution in [-0.2, 0) is 16.0 Å². The predicted octanol–water partition coefficient (Wildman–Crippen LogP) is 2.29. The van der Waals surface area contributed by atoms with Crippen LogP contribution in [0.4, 0.5) is 4.39 Å². The van der Waals surface area contributed by atoms with Crippen molar-refractivity contribution < 1.29 is 19.0 Å². The maximum atomic E-state index is 13.2. The second kappa shape index (κ2) is 5.64. The lowest BCUT2D eigenvalue weighted by atomic mass is 9.96. The number of hydrogen-bond donors (Lipinski definition) is 2. The van der Waals surface area contributed by atoms with Crippen LogP contribution in [0, 0.1) is 5.82 Å². The van der Waals surface area contributed by atoms with Crippen molar-refractivity contribution >= 4 is 5.91 Å². The van der Waals surface area contributed by atoms with Crippen LogP contribution >= 0.6 is 0 Å². The van der Waals surface area contributed by atoms with Crippen molar-refractivity contribution in [2.24, 2.45) is 0 Å². The molecule has 2 N–H and O–H groups in total. The van der Waals surface area contributed by atoms with Crippen molar-refractivity contribution in [2.75, 3.05) is 6.61 Å². The number of carbonyl (C=O) groups excluding carboxylic acids is 1. The Morgan fingerprint density at radius 2 is 2.19 bits per heavy atom. The summed E-state index contributed by atoms with van der Waals surface area (Å²) in [5.41, 5.74) is 0.542. The van der Waals surface area contributed by atoms with Gasteiger partial charge in [0, 0.05) is 0 Å². The molecule has 21 heavy (non-hydrogen) atoms. The zero-order valence-corrected chi connectivity index (χ0v) is 11.9. The molecule has 0 bridgehead atoms. The molecule has 1 aliphatic heterocycles. The third-order valence-electron chi connectivity index (χ3n) is 4.47. The highest BCUT2D eigenvalue weighted by Gasteiger charge is 2.42. The lowest BCUT2D eigenvalue weighted by molar-refractivity contribution is -0.121. The first-order chi connectivity index (χ1) is 10.1. The summed E-state index contributed by atoms with van der Waals surface area (Å²) >= 11 is 0. The van der Waals surface area contributed by atoms with Crippen LogP contribution in [0.15, 0.2) is 18.2 Å². The Balaban J connectivity index is 1.53. The summed E-state index contributed by atoms with van der Waals surface area (Å²) in [5.74, 6) is -1.23. The first-order valence-electron chi connectivity index (χ1n) is 7.47. The fourth-order valence-electron chi connectivity index (χ4n) is 3.43. The van der Waals surface area contributed by atoms with E-state index >= 15 is 0 Å². The SMILES string of the molecule is O=C(Cc1ccc(O)c(F)c1)N[C@@H]1COC2(CCCC2)C1. The number of aromatic hydroxyl groups is 1. The largest absolute Gasteiger partial charge is 0.505 e. The van der Waals surface area contributed by atoms with E-state index in [1.165, 1.54) is 25.0 Å². The molecule has 1 saturated heterocycles. The van der Waals surface area contributed by atoms with E-state index < -0.39 is 11.6 Å². The number of hydrogen-bond acceptors (Lipinski definition) is 3. The molecular formula is C16H20FNO3. The maximum absolute atomic E-state index is 13.2. The van der Waals surface area contributed by atoms with E-state index in [1.54, 1.807) is 6.07 Å². The highest BCUT2D eigenvalue weighted by atomic mass is 19.1. The zero-order chi connectivity index (χ0) is 14.9. The van der Waals surface area contributed by atoms with Crippen molar-refractivity contribution in [3.8, 4) is 5.75 Å². The molecule has 1 heterocycles. The van der Waals surface area contributed by atoms with Crippen molar-refractivity contribution in [1.82, 2.24) is 5.32 Å². The molecule has 1 aromatic rings. The number of nitrogens with one attached hydrogen (secondary N) is 1. The van der Waals surface area contributed by atoms with Crippen LogP contribution in [0.25, 0.3) is 0 Å². The molecule has 3 rings (SSSR count). The molecule has 2 aliphatic rings. The summed E-state index contributed by atoms with van der Waals surface area (Å²) in [4.78, 5) is 12.0. The van der Waals surface area contributed by atoms with Gasteiger partial charge in [0.25, 0.3) is 0 Å². The molecule has 1 aliphatic carbocycles. The Bertz CT molecular complexity index is 540. The topological polar surface area (TPSA) is 58.6 Å². The standard InChI is InChI=1S/C16H20FNO3/c17-13-7-11(3-4-14(13)19)8-15(20)18-12-9-16(21-10-12)5-1-2-6-16/h3-4,7,12,19H,1-2,5-6,8-10H2,(H,18,20)/t12-/m0/s1. The molecule has 114 valence electrons. The Morgan fingerprint density at radius 1 is 1.43 bits per heavy atom. The molecule has 0 unspecified atom stereocenters. The summed E-state index contributed by atoms with van der Waals surface area (Å²) in [6.45, 7) is 0.565. The Morgan fingerprint density at radius 3 is 2.90 bits per heavy atom. The molecule has 1 spiro atoms. The minimum atomic E-state index is -0.700. The van der Waals surface area contributed by atoms with Crippen LogP contribution in [0.3, 0.4) is 0 Å². The van der Waals surface area contributed by atoms with Crippen LogP contribution < -0.4 is 5.32 Å². The molecule has 2 fully saturated rings. The van der Waals surface area contributed by atoms with Gasteiger partial charge in [0.15, 0.2) is 11.6 Å². The van der Waals surface area contributed by atoms with Gasteiger partial charge < -0.3 is 15.2 Å².